The van der Waals surface area contributed by atoms with Gasteiger partial charge in [-0.1, -0.05) is 6.07 Å². The summed E-state index contributed by atoms with van der Waals surface area (Å²) in [6.07, 6.45) is 0. The lowest BCUT2D eigenvalue weighted by molar-refractivity contribution is 0.0744. The number of furan rings is 1. The number of hydrogen-bond acceptors (Lipinski definition) is 6. The zero-order valence-electron chi connectivity index (χ0n) is 12.8. The summed E-state index contributed by atoms with van der Waals surface area (Å²) in [6, 6.07) is 7.47. The number of carbonyl (C=O) groups excluding carboxylic acids is 1. The molecular formula is C16H16N2O3S2. The van der Waals surface area contributed by atoms with Crippen molar-refractivity contribution in [1.29, 1.82) is 0 Å². The van der Waals surface area contributed by atoms with Crippen LogP contribution in [-0.4, -0.2) is 29.9 Å². The maximum Gasteiger partial charge on any atom is 0.289 e. The van der Waals surface area contributed by atoms with Gasteiger partial charge in [-0.2, -0.15) is 0 Å². The van der Waals surface area contributed by atoms with Crippen molar-refractivity contribution < 1.29 is 13.9 Å². The van der Waals surface area contributed by atoms with E-state index in [0.29, 0.717) is 24.7 Å². The molecule has 0 aliphatic heterocycles. The summed E-state index contributed by atoms with van der Waals surface area (Å²) in [5.74, 6) is 0.782. The number of thiophene rings is 1. The second-order valence-corrected chi connectivity index (χ2v) is 6.79. The summed E-state index contributed by atoms with van der Waals surface area (Å²) in [4.78, 5) is 19.7. The van der Waals surface area contributed by atoms with Crippen LogP contribution in [0.1, 0.15) is 22.0 Å². The highest BCUT2D eigenvalue weighted by atomic mass is 32.1. The number of amides is 1. The van der Waals surface area contributed by atoms with Gasteiger partial charge in [0.15, 0.2) is 5.76 Å². The number of ether oxygens (including phenoxy) is 1. The first-order chi connectivity index (χ1) is 11.2. The van der Waals surface area contributed by atoms with E-state index in [1.165, 1.54) is 0 Å². The second kappa shape index (κ2) is 7.08. The third-order valence-electron chi connectivity index (χ3n) is 3.19. The molecule has 0 aliphatic carbocycles. The van der Waals surface area contributed by atoms with Gasteiger partial charge in [-0.05, 0) is 23.6 Å². The molecule has 120 valence electrons. The first-order valence-corrected chi connectivity index (χ1v) is 8.74. The van der Waals surface area contributed by atoms with Gasteiger partial charge < -0.3 is 14.1 Å². The highest BCUT2D eigenvalue weighted by molar-refractivity contribution is 7.20. The summed E-state index contributed by atoms with van der Waals surface area (Å²) >= 11 is 3.25. The Hall–Kier alpha value is -1.96. The fraction of sp³-hybridized carbons (Fsp3) is 0.250. The van der Waals surface area contributed by atoms with E-state index in [0.717, 1.165) is 15.6 Å². The molecule has 5 nitrogen and oxygen atoms in total. The lowest BCUT2D eigenvalue weighted by Gasteiger charge is -2.14. The topological polar surface area (TPSA) is 55.6 Å². The summed E-state index contributed by atoms with van der Waals surface area (Å²) in [6.45, 7) is 0.800. The van der Waals surface area contributed by atoms with Crippen LogP contribution < -0.4 is 0 Å². The highest BCUT2D eigenvalue weighted by Gasteiger charge is 2.17. The SMILES string of the molecule is COCc1ccc(C(=O)N(C)Cc2csc(-c3cccs3)n2)o1. The molecule has 0 aromatic carbocycles. The van der Waals surface area contributed by atoms with Crippen molar-refractivity contribution in [1.82, 2.24) is 9.88 Å². The summed E-state index contributed by atoms with van der Waals surface area (Å²) in [5, 5.41) is 4.99. The van der Waals surface area contributed by atoms with Crippen molar-refractivity contribution in [3.8, 4) is 9.88 Å². The highest BCUT2D eigenvalue weighted by Crippen LogP contribution is 2.28. The van der Waals surface area contributed by atoms with Gasteiger partial charge in [-0.25, -0.2) is 4.98 Å². The van der Waals surface area contributed by atoms with Crippen LogP contribution in [0.5, 0.6) is 0 Å². The molecule has 0 saturated carbocycles. The van der Waals surface area contributed by atoms with E-state index in [1.54, 1.807) is 53.9 Å². The van der Waals surface area contributed by atoms with Crippen molar-refractivity contribution in [2.45, 2.75) is 13.2 Å². The van der Waals surface area contributed by atoms with Crippen LogP contribution in [0.25, 0.3) is 9.88 Å². The quantitative estimate of drug-likeness (QED) is 0.678. The van der Waals surface area contributed by atoms with Gasteiger partial charge in [-0.3, -0.25) is 4.79 Å². The molecule has 0 atom stereocenters. The van der Waals surface area contributed by atoms with Crippen molar-refractivity contribution in [3.63, 3.8) is 0 Å². The molecule has 0 spiro atoms. The van der Waals surface area contributed by atoms with Crippen LogP contribution >= 0.6 is 22.7 Å². The van der Waals surface area contributed by atoms with E-state index in [4.69, 9.17) is 9.15 Å². The van der Waals surface area contributed by atoms with Crippen LogP contribution in [-0.2, 0) is 17.9 Å². The van der Waals surface area contributed by atoms with E-state index in [2.05, 4.69) is 4.98 Å². The van der Waals surface area contributed by atoms with E-state index in [9.17, 15) is 4.79 Å². The van der Waals surface area contributed by atoms with Crippen molar-refractivity contribution in [2.24, 2.45) is 0 Å². The minimum atomic E-state index is -0.168. The largest absolute Gasteiger partial charge is 0.453 e. The molecule has 3 heterocycles. The minimum absolute atomic E-state index is 0.168. The molecule has 0 radical (unpaired) electrons. The number of methoxy groups -OCH3 is 1. The average Bonchev–Trinajstić information content (AvgIpc) is 3.27. The van der Waals surface area contributed by atoms with Crippen molar-refractivity contribution in [2.75, 3.05) is 14.2 Å². The molecule has 0 fully saturated rings. The number of thiazole rings is 1. The van der Waals surface area contributed by atoms with Gasteiger partial charge in [-0.15, -0.1) is 22.7 Å². The van der Waals surface area contributed by atoms with Gasteiger partial charge in [0.05, 0.1) is 17.1 Å². The van der Waals surface area contributed by atoms with Gasteiger partial charge in [0.25, 0.3) is 5.91 Å². The second-order valence-electron chi connectivity index (χ2n) is 4.98. The molecule has 3 rings (SSSR count). The molecule has 1 amide bonds. The van der Waals surface area contributed by atoms with E-state index >= 15 is 0 Å². The Morgan fingerprint density at radius 3 is 2.96 bits per heavy atom. The Kier molecular flexibility index (Phi) is 4.90. The molecule has 7 heteroatoms. The Morgan fingerprint density at radius 2 is 2.22 bits per heavy atom. The van der Waals surface area contributed by atoms with Crippen LogP contribution in [0.2, 0.25) is 0 Å². The molecule has 3 aromatic heterocycles. The maximum atomic E-state index is 12.4. The lowest BCUT2D eigenvalue weighted by Crippen LogP contribution is -2.25. The molecule has 0 saturated heterocycles. The summed E-state index contributed by atoms with van der Waals surface area (Å²) < 4.78 is 10.5. The van der Waals surface area contributed by atoms with Gasteiger partial charge in [0.1, 0.15) is 17.4 Å². The zero-order valence-corrected chi connectivity index (χ0v) is 14.4. The van der Waals surface area contributed by atoms with E-state index in [-0.39, 0.29) is 5.91 Å². The summed E-state index contributed by atoms with van der Waals surface area (Å²) in [5.41, 5.74) is 0.873. The lowest BCUT2D eigenvalue weighted by atomic mass is 10.3. The fourth-order valence-corrected chi connectivity index (χ4v) is 3.73. The van der Waals surface area contributed by atoms with Crippen LogP contribution in [0.3, 0.4) is 0 Å². The van der Waals surface area contributed by atoms with Crippen molar-refractivity contribution in [3.05, 3.63) is 52.2 Å². The first kappa shape index (κ1) is 15.9. The minimum Gasteiger partial charge on any atom is -0.453 e. The Balaban J connectivity index is 1.66. The molecular weight excluding hydrogens is 332 g/mol. The Labute approximate surface area is 142 Å². The van der Waals surface area contributed by atoms with E-state index in [1.807, 2.05) is 22.9 Å². The normalized spacial score (nSPS) is 10.9. The number of carbonyl (C=O) groups is 1. The summed E-state index contributed by atoms with van der Waals surface area (Å²) in [7, 11) is 3.33. The van der Waals surface area contributed by atoms with Crippen LogP contribution in [0, 0.1) is 0 Å². The molecule has 0 bridgehead atoms. The number of nitrogens with zero attached hydrogens (tertiary/aromatic N) is 2. The van der Waals surface area contributed by atoms with Crippen LogP contribution in [0.4, 0.5) is 0 Å². The molecule has 3 aromatic rings. The first-order valence-electron chi connectivity index (χ1n) is 6.99. The average molecular weight is 348 g/mol. The number of aromatic nitrogens is 1. The Morgan fingerprint density at radius 1 is 1.35 bits per heavy atom. The third kappa shape index (κ3) is 3.69. The maximum absolute atomic E-state index is 12.4. The van der Waals surface area contributed by atoms with Gasteiger partial charge in [0, 0.05) is 19.5 Å². The molecule has 0 aliphatic rings. The van der Waals surface area contributed by atoms with Gasteiger partial charge >= 0.3 is 0 Å². The predicted molar refractivity (Wildman–Crippen MR) is 90.6 cm³/mol. The Bertz CT molecular complexity index is 777. The van der Waals surface area contributed by atoms with E-state index < -0.39 is 0 Å². The number of hydrogen-bond donors (Lipinski definition) is 0. The van der Waals surface area contributed by atoms with Gasteiger partial charge in [0.2, 0.25) is 0 Å². The smallest absolute Gasteiger partial charge is 0.289 e. The van der Waals surface area contributed by atoms with Crippen molar-refractivity contribution >= 4 is 28.6 Å². The fourth-order valence-electron chi connectivity index (χ4n) is 2.11. The zero-order chi connectivity index (χ0) is 16.2. The molecule has 0 unspecified atom stereocenters. The molecule has 23 heavy (non-hydrogen) atoms. The molecule has 0 N–H and O–H groups in total. The third-order valence-corrected chi connectivity index (χ3v) is 5.12. The number of rotatable bonds is 6. The standard InChI is InChI=1S/C16H16N2O3S2/c1-18(16(19)13-6-5-12(21-13)9-20-2)8-11-10-23-15(17-11)14-4-3-7-22-14/h3-7,10H,8-9H2,1-2H3. The predicted octanol–water partition coefficient (Wildman–Crippen LogP) is 3.88. The monoisotopic (exact) mass is 348 g/mol. The van der Waals surface area contributed by atoms with Crippen LogP contribution in [0.15, 0.2) is 39.4 Å².